The summed E-state index contributed by atoms with van der Waals surface area (Å²) in [5, 5.41) is 2.44. The van der Waals surface area contributed by atoms with E-state index in [0.717, 1.165) is 17.1 Å². The molecule has 0 fully saturated rings. The second-order valence-electron chi connectivity index (χ2n) is 12.6. The summed E-state index contributed by atoms with van der Waals surface area (Å²) in [4.78, 5) is 5.00. The SMILES string of the molecule is c1ccc(-c2ccc3c(c2)-c2ccccc2-c2cc(-c4ccccc4)cc4c2N3c2cc3ccccc3cc2N4c2ccccc2)cc1. The van der Waals surface area contributed by atoms with Crippen LogP contribution in [0.1, 0.15) is 0 Å². The fourth-order valence-electron chi connectivity index (χ4n) is 7.67. The predicted molar refractivity (Wildman–Crippen MR) is 202 cm³/mol. The van der Waals surface area contributed by atoms with Crippen LogP contribution in [0.2, 0.25) is 0 Å². The number of benzene rings is 8. The van der Waals surface area contributed by atoms with Gasteiger partial charge in [0.1, 0.15) is 0 Å². The molecule has 0 saturated carbocycles. The van der Waals surface area contributed by atoms with Crippen LogP contribution in [0.4, 0.5) is 34.1 Å². The minimum Gasteiger partial charge on any atom is -0.306 e. The molecular weight excluding hydrogens is 581 g/mol. The lowest BCUT2D eigenvalue weighted by Crippen LogP contribution is -2.24. The van der Waals surface area contributed by atoms with Crippen molar-refractivity contribution in [3.63, 3.8) is 0 Å². The Labute approximate surface area is 280 Å². The Kier molecular flexibility index (Phi) is 5.91. The third kappa shape index (κ3) is 4.06. The van der Waals surface area contributed by atoms with Crippen LogP contribution in [-0.2, 0) is 0 Å². The summed E-state index contributed by atoms with van der Waals surface area (Å²) in [5.74, 6) is 0. The molecule has 2 nitrogen and oxygen atoms in total. The van der Waals surface area contributed by atoms with E-state index >= 15 is 0 Å². The molecule has 0 unspecified atom stereocenters. The van der Waals surface area contributed by atoms with E-state index in [0.29, 0.717) is 0 Å². The van der Waals surface area contributed by atoms with E-state index in [1.54, 1.807) is 0 Å². The van der Waals surface area contributed by atoms with Gasteiger partial charge in [-0.15, -0.1) is 0 Å². The highest BCUT2D eigenvalue weighted by Gasteiger charge is 2.37. The van der Waals surface area contributed by atoms with Gasteiger partial charge in [0.15, 0.2) is 0 Å². The van der Waals surface area contributed by atoms with Crippen molar-refractivity contribution < 1.29 is 0 Å². The van der Waals surface area contributed by atoms with E-state index in [2.05, 4.69) is 192 Å². The molecule has 8 aromatic rings. The molecule has 48 heavy (non-hydrogen) atoms. The van der Waals surface area contributed by atoms with Gasteiger partial charge in [-0.2, -0.15) is 0 Å². The maximum atomic E-state index is 2.53. The molecule has 0 bridgehead atoms. The zero-order valence-corrected chi connectivity index (χ0v) is 26.2. The summed E-state index contributed by atoms with van der Waals surface area (Å²) in [7, 11) is 0. The summed E-state index contributed by atoms with van der Waals surface area (Å²) in [5.41, 5.74) is 16.7. The summed E-state index contributed by atoms with van der Waals surface area (Å²) >= 11 is 0. The smallest absolute Gasteiger partial charge is 0.0783 e. The fourth-order valence-corrected chi connectivity index (χ4v) is 7.67. The zero-order chi connectivity index (χ0) is 31.6. The molecular formula is C46H30N2. The minimum absolute atomic E-state index is 1.14. The van der Waals surface area contributed by atoms with Crippen molar-refractivity contribution in [2.24, 2.45) is 0 Å². The summed E-state index contributed by atoms with van der Waals surface area (Å²) in [6.07, 6.45) is 0. The van der Waals surface area contributed by atoms with Crippen LogP contribution in [0.25, 0.3) is 55.3 Å². The number of fused-ring (bicyclic) bond motifs is 8. The number of nitrogens with zero attached hydrogens (tertiary/aromatic N) is 2. The van der Waals surface area contributed by atoms with E-state index in [1.165, 1.54) is 72.3 Å². The van der Waals surface area contributed by atoms with Gasteiger partial charge < -0.3 is 9.80 Å². The first-order valence-electron chi connectivity index (χ1n) is 16.5. The second-order valence-corrected chi connectivity index (χ2v) is 12.6. The Hall–Kier alpha value is -6.38. The van der Waals surface area contributed by atoms with E-state index in [1.807, 2.05) is 0 Å². The Morgan fingerprint density at radius 3 is 1.46 bits per heavy atom. The Morgan fingerprint density at radius 1 is 0.271 bits per heavy atom. The maximum absolute atomic E-state index is 2.53. The highest BCUT2D eigenvalue weighted by molar-refractivity contribution is 6.15. The first kappa shape index (κ1) is 26.8. The largest absolute Gasteiger partial charge is 0.306 e. The van der Waals surface area contributed by atoms with Gasteiger partial charge in [0.25, 0.3) is 0 Å². The molecule has 0 atom stereocenters. The Bertz CT molecular complexity index is 2500. The van der Waals surface area contributed by atoms with Gasteiger partial charge in [0, 0.05) is 16.8 Å². The minimum atomic E-state index is 1.14. The number of hydrogen-bond acceptors (Lipinski definition) is 2. The molecule has 0 aromatic heterocycles. The highest BCUT2D eigenvalue weighted by atomic mass is 15.3. The molecule has 0 amide bonds. The van der Waals surface area contributed by atoms with Gasteiger partial charge in [-0.05, 0) is 92.7 Å². The van der Waals surface area contributed by atoms with E-state index in [9.17, 15) is 0 Å². The third-order valence-electron chi connectivity index (χ3n) is 9.85. The number of anilines is 6. The molecule has 224 valence electrons. The monoisotopic (exact) mass is 610 g/mol. The Balaban J connectivity index is 1.37. The van der Waals surface area contributed by atoms with Crippen molar-refractivity contribution in [2.45, 2.75) is 0 Å². The molecule has 10 rings (SSSR count). The molecule has 2 heterocycles. The average Bonchev–Trinajstić information content (AvgIpc) is 3.28. The molecule has 0 radical (unpaired) electrons. The lowest BCUT2D eigenvalue weighted by atomic mass is 9.90. The standard InChI is InChI=1S/C46H30N2/c1-4-14-31(15-5-1)35-24-25-42-40(26-35)38-22-12-13-23-39(38)41-27-36(32-16-6-2-7-17-32)30-45-46(41)48(42)44-29-34-19-11-10-18-33(34)28-43(44)47(45)37-20-8-3-9-21-37/h1-30H. The maximum Gasteiger partial charge on any atom is 0.0783 e. The van der Waals surface area contributed by atoms with Crippen LogP contribution in [0, 0.1) is 0 Å². The normalized spacial score (nSPS) is 12.5. The van der Waals surface area contributed by atoms with Crippen LogP contribution in [-0.4, -0.2) is 0 Å². The van der Waals surface area contributed by atoms with Gasteiger partial charge in [0.2, 0.25) is 0 Å². The summed E-state index contributed by atoms with van der Waals surface area (Å²) in [6.45, 7) is 0. The van der Waals surface area contributed by atoms with Crippen molar-refractivity contribution in [1.82, 2.24) is 0 Å². The van der Waals surface area contributed by atoms with Crippen LogP contribution >= 0.6 is 0 Å². The molecule has 2 aliphatic heterocycles. The van der Waals surface area contributed by atoms with Crippen molar-refractivity contribution in [3.8, 4) is 44.5 Å². The number of para-hydroxylation sites is 1. The van der Waals surface area contributed by atoms with Crippen molar-refractivity contribution in [3.05, 3.63) is 182 Å². The molecule has 0 saturated heterocycles. The van der Waals surface area contributed by atoms with E-state index in [4.69, 9.17) is 0 Å². The van der Waals surface area contributed by atoms with Crippen LogP contribution in [0.15, 0.2) is 182 Å². The number of rotatable bonds is 3. The summed E-state index contributed by atoms with van der Waals surface area (Å²) in [6, 6.07) is 66.5. The van der Waals surface area contributed by atoms with Crippen molar-refractivity contribution in [1.29, 1.82) is 0 Å². The first-order valence-corrected chi connectivity index (χ1v) is 16.5. The van der Waals surface area contributed by atoms with Gasteiger partial charge in [-0.1, -0.05) is 133 Å². The van der Waals surface area contributed by atoms with Crippen LogP contribution < -0.4 is 9.80 Å². The van der Waals surface area contributed by atoms with Crippen LogP contribution in [0.3, 0.4) is 0 Å². The van der Waals surface area contributed by atoms with Crippen molar-refractivity contribution in [2.75, 3.05) is 9.80 Å². The molecule has 2 aliphatic rings. The first-order chi connectivity index (χ1) is 23.8. The quantitative estimate of drug-likeness (QED) is 0.196. The predicted octanol–water partition coefficient (Wildman–Crippen LogP) is 13.1. The van der Waals surface area contributed by atoms with Gasteiger partial charge in [0.05, 0.1) is 28.4 Å². The fraction of sp³-hybridized carbons (Fsp3) is 0. The summed E-state index contributed by atoms with van der Waals surface area (Å²) < 4.78 is 0. The van der Waals surface area contributed by atoms with Crippen molar-refractivity contribution >= 4 is 44.9 Å². The second kappa shape index (κ2) is 10.6. The molecule has 0 N–H and O–H groups in total. The lowest BCUT2D eigenvalue weighted by molar-refractivity contribution is 1.18. The van der Waals surface area contributed by atoms with E-state index < -0.39 is 0 Å². The molecule has 2 heteroatoms. The van der Waals surface area contributed by atoms with Gasteiger partial charge in [-0.25, -0.2) is 0 Å². The van der Waals surface area contributed by atoms with Gasteiger partial charge in [-0.3, -0.25) is 0 Å². The highest BCUT2D eigenvalue weighted by Crippen LogP contribution is 2.62. The molecule has 0 spiro atoms. The zero-order valence-electron chi connectivity index (χ0n) is 26.2. The van der Waals surface area contributed by atoms with Crippen LogP contribution in [0.5, 0.6) is 0 Å². The third-order valence-corrected chi connectivity index (χ3v) is 9.85. The molecule has 0 aliphatic carbocycles. The van der Waals surface area contributed by atoms with Gasteiger partial charge >= 0.3 is 0 Å². The number of hydrogen-bond donors (Lipinski definition) is 0. The van der Waals surface area contributed by atoms with E-state index in [-0.39, 0.29) is 0 Å². The Morgan fingerprint density at radius 2 is 0.792 bits per heavy atom. The average molecular weight is 611 g/mol. The topological polar surface area (TPSA) is 6.48 Å². The lowest BCUT2D eigenvalue weighted by Gasteiger charge is -2.42. The molecule has 8 aromatic carbocycles.